The summed E-state index contributed by atoms with van der Waals surface area (Å²) in [6.45, 7) is 2.01. The van der Waals surface area contributed by atoms with Gasteiger partial charge in [0, 0.05) is 17.8 Å². The minimum atomic E-state index is 0.151. The van der Waals surface area contributed by atoms with Gasteiger partial charge in [0.1, 0.15) is 5.75 Å². The maximum Gasteiger partial charge on any atom is 0.122 e. The van der Waals surface area contributed by atoms with E-state index in [1.54, 1.807) is 18.4 Å². The average molecular weight is 277 g/mol. The molecule has 3 N–H and O–H groups in total. The predicted octanol–water partition coefficient (Wildman–Crippen LogP) is 2.08. The molecule has 19 heavy (non-hydrogen) atoms. The van der Waals surface area contributed by atoms with Gasteiger partial charge in [0.25, 0.3) is 0 Å². The number of para-hydroxylation sites is 1. The maximum absolute atomic E-state index is 5.65. The fourth-order valence-corrected chi connectivity index (χ4v) is 2.71. The first kappa shape index (κ1) is 14.0. The average Bonchev–Trinajstić information content (AvgIpc) is 2.84. The summed E-state index contributed by atoms with van der Waals surface area (Å²) in [7, 11) is 1.69. The Morgan fingerprint density at radius 3 is 2.79 bits per heavy atom. The Labute approximate surface area is 117 Å². The van der Waals surface area contributed by atoms with E-state index in [2.05, 4.69) is 21.9 Å². The molecule has 0 bridgehead atoms. The number of nitrogens with zero attached hydrogens (tertiary/aromatic N) is 1. The molecule has 0 radical (unpaired) electrons. The second-order valence-electron chi connectivity index (χ2n) is 4.44. The van der Waals surface area contributed by atoms with Gasteiger partial charge in [0.2, 0.25) is 0 Å². The third-order valence-corrected chi connectivity index (χ3v) is 3.84. The normalized spacial score (nSPS) is 12.4. The molecule has 0 saturated carbocycles. The molecule has 1 aromatic carbocycles. The molecular formula is C14H19N3OS. The summed E-state index contributed by atoms with van der Waals surface area (Å²) in [6, 6.07) is 8.17. The molecule has 5 heteroatoms. The van der Waals surface area contributed by atoms with Crippen LogP contribution in [0.5, 0.6) is 5.75 Å². The number of benzene rings is 1. The number of aromatic nitrogens is 1. The molecule has 1 unspecified atom stereocenters. The van der Waals surface area contributed by atoms with Crippen LogP contribution in [0, 0.1) is 6.92 Å². The Morgan fingerprint density at radius 2 is 2.16 bits per heavy atom. The molecule has 0 aliphatic heterocycles. The Bertz CT molecular complexity index is 527. The van der Waals surface area contributed by atoms with Crippen LogP contribution in [0.15, 0.2) is 29.6 Å². The number of nitrogens with one attached hydrogen (secondary N) is 1. The van der Waals surface area contributed by atoms with Crippen LogP contribution in [0.25, 0.3) is 0 Å². The lowest BCUT2D eigenvalue weighted by Crippen LogP contribution is -2.38. The summed E-state index contributed by atoms with van der Waals surface area (Å²) in [5, 5.41) is 3.17. The summed E-state index contributed by atoms with van der Waals surface area (Å²) >= 11 is 1.67. The highest BCUT2D eigenvalue weighted by Crippen LogP contribution is 2.20. The summed E-state index contributed by atoms with van der Waals surface area (Å²) in [5.74, 6) is 6.55. The third kappa shape index (κ3) is 3.76. The maximum atomic E-state index is 5.65. The van der Waals surface area contributed by atoms with Crippen molar-refractivity contribution in [1.82, 2.24) is 10.4 Å². The molecule has 0 aliphatic rings. The lowest BCUT2D eigenvalue weighted by Gasteiger charge is -2.16. The molecule has 0 fully saturated rings. The van der Waals surface area contributed by atoms with Crippen molar-refractivity contribution >= 4 is 11.3 Å². The Kier molecular flexibility index (Phi) is 4.90. The quantitative estimate of drug-likeness (QED) is 0.627. The van der Waals surface area contributed by atoms with Gasteiger partial charge in [0.05, 0.1) is 17.8 Å². The van der Waals surface area contributed by atoms with Crippen molar-refractivity contribution in [2.75, 3.05) is 7.11 Å². The van der Waals surface area contributed by atoms with E-state index in [9.17, 15) is 0 Å². The predicted molar refractivity (Wildman–Crippen MR) is 78.4 cm³/mol. The molecule has 1 aromatic heterocycles. The van der Waals surface area contributed by atoms with Gasteiger partial charge in [-0.1, -0.05) is 18.2 Å². The topological polar surface area (TPSA) is 60.2 Å². The number of rotatable bonds is 6. The van der Waals surface area contributed by atoms with E-state index < -0.39 is 0 Å². The number of hydrogen-bond donors (Lipinski definition) is 2. The summed E-state index contributed by atoms with van der Waals surface area (Å²) in [4.78, 5) is 4.47. The summed E-state index contributed by atoms with van der Waals surface area (Å²) in [5.41, 5.74) is 5.11. The van der Waals surface area contributed by atoms with Gasteiger partial charge in [-0.2, -0.15) is 0 Å². The molecule has 0 aliphatic carbocycles. The zero-order chi connectivity index (χ0) is 13.7. The van der Waals surface area contributed by atoms with E-state index >= 15 is 0 Å². The second-order valence-corrected chi connectivity index (χ2v) is 5.50. The highest BCUT2D eigenvalue weighted by molar-refractivity contribution is 7.09. The highest BCUT2D eigenvalue weighted by atomic mass is 32.1. The summed E-state index contributed by atoms with van der Waals surface area (Å²) < 4.78 is 5.36. The van der Waals surface area contributed by atoms with E-state index in [4.69, 9.17) is 10.6 Å². The van der Waals surface area contributed by atoms with Crippen LogP contribution in [0.3, 0.4) is 0 Å². The Morgan fingerprint density at radius 1 is 1.37 bits per heavy atom. The standard InChI is InChI=1S/C14H19N3OS/c1-10-16-13(9-19-10)8-12(17-15)7-11-5-3-4-6-14(11)18-2/h3-6,9,12,17H,7-8,15H2,1-2H3. The SMILES string of the molecule is COc1ccccc1CC(Cc1csc(C)n1)NN. The molecule has 2 rings (SSSR count). The molecule has 0 amide bonds. The van der Waals surface area contributed by atoms with Gasteiger partial charge in [-0.15, -0.1) is 11.3 Å². The number of hydrazine groups is 1. The molecule has 1 atom stereocenters. The number of aryl methyl sites for hydroxylation is 1. The van der Waals surface area contributed by atoms with E-state index in [0.717, 1.165) is 34.9 Å². The Hall–Kier alpha value is -1.43. The zero-order valence-electron chi connectivity index (χ0n) is 11.2. The van der Waals surface area contributed by atoms with E-state index in [-0.39, 0.29) is 6.04 Å². The van der Waals surface area contributed by atoms with Crippen LogP contribution in [0.1, 0.15) is 16.3 Å². The summed E-state index contributed by atoms with van der Waals surface area (Å²) in [6.07, 6.45) is 1.63. The van der Waals surface area contributed by atoms with Crippen molar-refractivity contribution < 1.29 is 4.74 Å². The van der Waals surface area contributed by atoms with Crippen molar-refractivity contribution in [2.24, 2.45) is 5.84 Å². The van der Waals surface area contributed by atoms with Crippen LogP contribution in [0.4, 0.5) is 0 Å². The van der Waals surface area contributed by atoms with E-state index in [1.165, 1.54) is 0 Å². The first-order valence-corrected chi connectivity index (χ1v) is 7.10. The smallest absolute Gasteiger partial charge is 0.122 e. The first-order valence-electron chi connectivity index (χ1n) is 6.22. The highest BCUT2D eigenvalue weighted by Gasteiger charge is 2.13. The van der Waals surface area contributed by atoms with Crippen molar-refractivity contribution in [3.8, 4) is 5.75 Å². The lowest BCUT2D eigenvalue weighted by atomic mass is 10.0. The van der Waals surface area contributed by atoms with Crippen molar-refractivity contribution in [3.05, 3.63) is 45.9 Å². The monoisotopic (exact) mass is 277 g/mol. The Balaban J connectivity index is 2.06. The minimum Gasteiger partial charge on any atom is -0.496 e. The number of thiazole rings is 1. The van der Waals surface area contributed by atoms with Crippen LogP contribution in [-0.4, -0.2) is 18.1 Å². The fraction of sp³-hybridized carbons (Fsp3) is 0.357. The molecular weight excluding hydrogens is 258 g/mol. The minimum absolute atomic E-state index is 0.151. The zero-order valence-corrected chi connectivity index (χ0v) is 12.0. The third-order valence-electron chi connectivity index (χ3n) is 3.02. The van der Waals surface area contributed by atoms with Crippen molar-refractivity contribution in [3.63, 3.8) is 0 Å². The van der Waals surface area contributed by atoms with Gasteiger partial charge in [-0.05, 0) is 25.0 Å². The number of ether oxygens (including phenoxy) is 1. The van der Waals surface area contributed by atoms with Crippen LogP contribution < -0.4 is 16.0 Å². The van der Waals surface area contributed by atoms with Crippen LogP contribution in [-0.2, 0) is 12.8 Å². The van der Waals surface area contributed by atoms with Gasteiger partial charge in [-0.3, -0.25) is 11.3 Å². The van der Waals surface area contributed by atoms with Gasteiger partial charge < -0.3 is 4.74 Å². The number of hydrogen-bond acceptors (Lipinski definition) is 5. The van der Waals surface area contributed by atoms with Crippen molar-refractivity contribution in [2.45, 2.75) is 25.8 Å². The molecule has 102 valence electrons. The van der Waals surface area contributed by atoms with Crippen molar-refractivity contribution in [1.29, 1.82) is 0 Å². The number of methoxy groups -OCH3 is 1. The van der Waals surface area contributed by atoms with E-state index in [1.807, 2.05) is 25.1 Å². The molecule has 2 aromatic rings. The lowest BCUT2D eigenvalue weighted by molar-refractivity contribution is 0.404. The fourth-order valence-electron chi connectivity index (χ4n) is 2.08. The molecule has 4 nitrogen and oxygen atoms in total. The first-order chi connectivity index (χ1) is 9.22. The second kappa shape index (κ2) is 6.65. The molecule has 0 saturated heterocycles. The van der Waals surface area contributed by atoms with Crippen LogP contribution in [0.2, 0.25) is 0 Å². The molecule has 0 spiro atoms. The number of nitrogens with two attached hydrogens (primary N) is 1. The van der Waals surface area contributed by atoms with Crippen LogP contribution >= 0.6 is 11.3 Å². The largest absolute Gasteiger partial charge is 0.496 e. The van der Waals surface area contributed by atoms with Gasteiger partial charge >= 0.3 is 0 Å². The van der Waals surface area contributed by atoms with E-state index in [0.29, 0.717) is 0 Å². The van der Waals surface area contributed by atoms with Gasteiger partial charge in [0.15, 0.2) is 0 Å². The van der Waals surface area contributed by atoms with Gasteiger partial charge in [-0.25, -0.2) is 4.98 Å². The molecule has 1 heterocycles.